The van der Waals surface area contributed by atoms with Crippen LogP contribution in [0.3, 0.4) is 0 Å². The number of nitrogens with zero attached hydrogens (tertiary/aromatic N) is 3. The Balaban J connectivity index is 2.08. The van der Waals surface area contributed by atoms with Crippen LogP contribution in [-0.2, 0) is 12.4 Å². The fourth-order valence-electron chi connectivity index (χ4n) is 3.22. The maximum atomic E-state index is 6.08. The van der Waals surface area contributed by atoms with Crippen LogP contribution in [0.1, 0.15) is 44.0 Å². The summed E-state index contributed by atoms with van der Waals surface area (Å²) in [6.45, 7) is 5.44. The first-order valence-electron chi connectivity index (χ1n) is 7.00. The maximum Gasteiger partial charge on any atom is 0.160 e. The van der Waals surface area contributed by atoms with E-state index in [4.69, 9.17) is 11.6 Å². The lowest BCUT2D eigenvalue weighted by atomic mass is 9.89. The van der Waals surface area contributed by atoms with Gasteiger partial charge in [0.1, 0.15) is 11.3 Å². The van der Waals surface area contributed by atoms with Gasteiger partial charge in [0.2, 0.25) is 0 Å². The lowest BCUT2D eigenvalue weighted by Gasteiger charge is -2.25. The second-order valence-electron chi connectivity index (χ2n) is 6.07. The fraction of sp³-hybridized carbons (Fsp3) is 0.600. The average molecular weight is 278 g/mol. The van der Waals surface area contributed by atoms with E-state index in [0.29, 0.717) is 11.3 Å². The minimum atomic E-state index is 0.375. The predicted molar refractivity (Wildman–Crippen MR) is 78.4 cm³/mol. The highest BCUT2D eigenvalue weighted by Crippen LogP contribution is 2.39. The summed E-state index contributed by atoms with van der Waals surface area (Å²) in [5.74, 6) is 1.40. The quantitative estimate of drug-likeness (QED) is 0.792. The molecule has 0 radical (unpaired) electrons. The topological polar surface area (TPSA) is 30.7 Å². The van der Waals surface area contributed by atoms with Crippen molar-refractivity contribution in [3.05, 3.63) is 23.7 Å². The molecule has 0 spiro atoms. The number of aryl methyl sites for hydroxylation is 1. The summed E-state index contributed by atoms with van der Waals surface area (Å²) < 4.78 is 2.24. The van der Waals surface area contributed by atoms with Crippen molar-refractivity contribution in [3.63, 3.8) is 0 Å². The van der Waals surface area contributed by atoms with E-state index < -0.39 is 0 Å². The van der Waals surface area contributed by atoms with E-state index in [0.717, 1.165) is 23.5 Å². The molecule has 1 aliphatic carbocycles. The molecule has 0 N–H and O–H groups in total. The Labute approximate surface area is 119 Å². The van der Waals surface area contributed by atoms with Crippen molar-refractivity contribution in [1.82, 2.24) is 14.5 Å². The van der Waals surface area contributed by atoms with E-state index in [2.05, 4.69) is 28.4 Å². The van der Waals surface area contributed by atoms with E-state index in [1.165, 1.54) is 31.2 Å². The molecule has 0 amide bonds. The second kappa shape index (κ2) is 4.78. The van der Waals surface area contributed by atoms with Gasteiger partial charge in [0.25, 0.3) is 0 Å². The predicted octanol–water partition coefficient (Wildman–Crippen LogP) is 4.06. The van der Waals surface area contributed by atoms with Gasteiger partial charge in [0, 0.05) is 12.7 Å². The molecule has 0 unspecified atom stereocenters. The van der Waals surface area contributed by atoms with Crippen LogP contribution in [0.2, 0.25) is 0 Å². The zero-order chi connectivity index (χ0) is 13.5. The Bertz CT molecular complexity index is 597. The molecule has 1 aliphatic rings. The molecule has 2 aromatic heterocycles. The number of halogens is 1. The third-order valence-corrected chi connectivity index (χ3v) is 4.62. The molecule has 102 valence electrons. The molecule has 19 heavy (non-hydrogen) atoms. The van der Waals surface area contributed by atoms with Crippen LogP contribution in [0, 0.1) is 12.3 Å². The Hall–Kier alpha value is -1.09. The molecule has 0 bridgehead atoms. The smallest absolute Gasteiger partial charge is 0.160 e. The zero-order valence-electron chi connectivity index (χ0n) is 11.6. The molecule has 0 aliphatic heterocycles. The summed E-state index contributed by atoms with van der Waals surface area (Å²) in [5.41, 5.74) is 3.54. The molecule has 2 aromatic rings. The minimum Gasteiger partial charge on any atom is -0.311 e. The number of hydrogen-bond donors (Lipinski definition) is 0. The number of hydrogen-bond acceptors (Lipinski definition) is 2. The molecular formula is C15H20ClN3. The molecule has 0 atom stereocenters. The van der Waals surface area contributed by atoms with Gasteiger partial charge in [0.15, 0.2) is 5.65 Å². The number of pyridine rings is 1. The van der Waals surface area contributed by atoms with E-state index in [-0.39, 0.29) is 0 Å². The summed E-state index contributed by atoms with van der Waals surface area (Å²) in [7, 11) is 0. The molecule has 3 nitrogen and oxygen atoms in total. The van der Waals surface area contributed by atoms with Crippen molar-refractivity contribution >= 4 is 22.8 Å². The molecule has 1 fully saturated rings. The lowest BCUT2D eigenvalue weighted by Crippen LogP contribution is -2.21. The molecular weight excluding hydrogens is 258 g/mol. The van der Waals surface area contributed by atoms with Crippen LogP contribution in [0.15, 0.2) is 12.3 Å². The SMILES string of the molecule is Cc1ccnc2c1nc(CCl)n2CC1(C)CCCC1. The van der Waals surface area contributed by atoms with Crippen molar-refractivity contribution in [2.45, 2.75) is 52.0 Å². The van der Waals surface area contributed by atoms with E-state index in [9.17, 15) is 0 Å². The van der Waals surface area contributed by atoms with Gasteiger partial charge in [-0.25, -0.2) is 9.97 Å². The van der Waals surface area contributed by atoms with E-state index in [1.807, 2.05) is 12.3 Å². The van der Waals surface area contributed by atoms with Gasteiger partial charge in [-0.2, -0.15) is 0 Å². The Morgan fingerprint density at radius 3 is 2.79 bits per heavy atom. The largest absolute Gasteiger partial charge is 0.311 e. The van der Waals surface area contributed by atoms with Crippen LogP contribution >= 0.6 is 11.6 Å². The third kappa shape index (κ3) is 2.25. The van der Waals surface area contributed by atoms with Gasteiger partial charge in [-0.05, 0) is 36.8 Å². The van der Waals surface area contributed by atoms with Crippen LogP contribution in [-0.4, -0.2) is 14.5 Å². The maximum absolute atomic E-state index is 6.08. The van der Waals surface area contributed by atoms with Gasteiger partial charge < -0.3 is 4.57 Å². The van der Waals surface area contributed by atoms with Crippen LogP contribution in [0.4, 0.5) is 0 Å². The third-order valence-electron chi connectivity index (χ3n) is 4.38. The summed E-state index contributed by atoms with van der Waals surface area (Å²) >= 11 is 6.08. The van der Waals surface area contributed by atoms with Crippen molar-refractivity contribution in [2.75, 3.05) is 0 Å². The first-order chi connectivity index (χ1) is 9.13. The van der Waals surface area contributed by atoms with Crippen molar-refractivity contribution in [1.29, 1.82) is 0 Å². The number of imidazole rings is 1. The first kappa shape index (κ1) is 12.9. The molecule has 3 rings (SSSR count). The highest BCUT2D eigenvalue weighted by molar-refractivity contribution is 6.16. The summed E-state index contributed by atoms with van der Waals surface area (Å²) in [4.78, 5) is 9.20. The van der Waals surface area contributed by atoms with Crippen molar-refractivity contribution in [3.8, 4) is 0 Å². The molecule has 0 saturated heterocycles. The van der Waals surface area contributed by atoms with Gasteiger partial charge in [-0.1, -0.05) is 19.8 Å². The minimum absolute atomic E-state index is 0.375. The standard InChI is InChI=1S/C15H20ClN3/c1-11-5-8-17-14-13(11)18-12(9-16)19(14)10-15(2)6-3-4-7-15/h5,8H,3-4,6-7,9-10H2,1-2H3. The monoisotopic (exact) mass is 277 g/mol. The first-order valence-corrected chi connectivity index (χ1v) is 7.53. The van der Waals surface area contributed by atoms with Crippen LogP contribution < -0.4 is 0 Å². The van der Waals surface area contributed by atoms with E-state index >= 15 is 0 Å². The van der Waals surface area contributed by atoms with Crippen molar-refractivity contribution < 1.29 is 0 Å². The molecule has 4 heteroatoms. The Morgan fingerprint density at radius 2 is 2.11 bits per heavy atom. The Morgan fingerprint density at radius 1 is 1.37 bits per heavy atom. The van der Waals surface area contributed by atoms with Crippen LogP contribution in [0.25, 0.3) is 11.2 Å². The molecule has 2 heterocycles. The van der Waals surface area contributed by atoms with Gasteiger partial charge in [0.05, 0.1) is 5.88 Å². The van der Waals surface area contributed by atoms with E-state index in [1.54, 1.807) is 0 Å². The molecule has 1 saturated carbocycles. The second-order valence-corrected chi connectivity index (χ2v) is 6.33. The number of rotatable bonds is 3. The lowest BCUT2D eigenvalue weighted by molar-refractivity contribution is 0.282. The number of aromatic nitrogens is 3. The highest BCUT2D eigenvalue weighted by Gasteiger charge is 2.30. The summed E-state index contributed by atoms with van der Waals surface area (Å²) in [6.07, 6.45) is 7.13. The normalized spacial score (nSPS) is 18.3. The fourth-order valence-corrected chi connectivity index (χ4v) is 3.42. The van der Waals surface area contributed by atoms with Gasteiger partial charge in [-0.15, -0.1) is 11.6 Å². The Kier molecular flexibility index (Phi) is 3.25. The highest BCUT2D eigenvalue weighted by atomic mass is 35.5. The summed E-state index contributed by atoms with van der Waals surface area (Å²) in [5, 5.41) is 0. The summed E-state index contributed by atoms with van der Waals surface area (Å²) in [6, 6.07) is 2.01. The van der Waals surface area contributed by atoms with Gasteiger partial charge in [-0.3, -0.25) is 0 Å². The van der Waals surface area contributed by atoms with Crippen molar-refractivity contribution in [2.24, 2.45) is 5.41 Å². The number of fused-ring (bicyclic) bond motifs is 1. The van der Waals surface area contributed by atoms with Crippen LogP contribution in [0.5, 0.6) is 0 Å². The van der Waals surface area contributed by atoms with Gasteiger partial charge >= 0.3 is 0 Å². The average Bonchev–Trinajstić information content (AvgIpc) is 2.96. The number of alkyl halides is 1. The molecule has 0 aromatic carbocycles. The zero-order valence-corrected chi connectivity index (χ0v) is 12.4.